The van der Waals surface area contributed by atoms with E-state index >= 15 is 0 Å². The molecule has 1 heterocycles. The van der Waals surface area contributed by atoms with Crippen LogP contribution in [-0.2, 0) is 0 Å². The minimum absolute atomic E-state index is 0.0670. The topological polar surface area (TPSA) is 12.4 Å². The summed E-state index contributed by atoms with van der Waals surface area (Å²) in [5, 5.41) is 0. The highest BCUT2D eigenvalue weighted by Gasteiger charge is 2.15. The second kappa shape index (κ2) is 12.2. The molecule has 2 atom stereocenters. The number of unbranched alkanes of at least 4 members (excludes halogenated alkanes) is 1. The van der Waals surface area contributed by atoms with Crippen molar-refractivity contribution in [2.24, 2.45) is 10.9 Å². The minimum Gasteiger partial charge on any atom is -0.273 e. The van der Waals surface area contributed by atoms with E-state index in [1.54, 1.807) is 0 Å². The number of aliphatic imine (C=N–C) groups is 1. The van der Waals surface area contributed by atoms with Crippen LogP contribution >= 0.6 is 0 Å². The summed E-state index contributed by atoms with van der Waals surface area (Å²) in [5.41, 5.74) is 3.55. The predicted molar refractivity (Wildman–Crippen MR) is 114 cm³/mol. The molecule has 0 bridgehead atoms. The molecule has 1 heteroatoms. The lowest BCUT2D eigenvalue weighted by molar-refractivity contribution is 0.915. The second-order valence-electron chi connectivity index (χ2n) is 6.13. The number of hydrogen-bond acceptors (Lipinski definition) is 1. The van der Waals surface area contributed by atoms with Crippen molar-refractivity contribution in [3.05, 3.63) is 84.6 Å². The predicted octanol–water partition coefficient (Wildman–Crippen LogP) is 6.94. The lowest BCUT2D eigenvalue weighted by atomic mass is 9.90. The van der Waals surface area contributed by atoms with Gasteiger partial charge in [0.2, 0.25) is 0 Å². The van der Waals surface area contributed by atoms with Crippen LogP contribution in [0.3, 0.4) is 0 Å². The van der Waals surface area contributed by atoms with Gasteiger partial charge in [0.25, 0.3) is 0 Å². The molecule has 134 valence electrons. The maximum atomic E-state index is 4.99. The number of allylic oxidation sites excluding steroid dienone is 11. The normalized spacial score (nSPS) is 25.2. The van der Waals surface area contributed by atoms with E-state index in [0.717, 1.165) is 25.0 Å². The highest BCUT2D eigenvalue weighted by Crippen LogP contribution is 2.24. The van der Waals surface area contributed by atoms with Crippen molar-refractivity contribution >= 4 is 5.71 Å². The van der Waals surface area contributed by atoms with Gasteiger partial charge in [-0.25, -0.2) is 0 Å². The van der Waals surface area contributed by atoms with Crippen LogP contribution in [0.1, 0.15) is 47.0 Å². The van der Waals surface area contributed by atoms with Crippen LogP contribution in [-0.4, -0.2) is 11.8 Å². The van der Waals surface area contributed by atoms with Crippen molar-refractivity contribution in [3.8, 4) is 0 Å². The zero-order valence-corrected chi connectivity index (χ0v) is 16.3. The van der Waals surface area contributed by atoms with E-state index in [0.29, 0.717) is 0 Å². The molecule has 0 spiro atoms. The van der Waals surface area contributed by atoms with Gasteiger partial charge in [0.15, 0.2) is 0 Å². The van der Waals surface area contributed by atoms with Crippen LogP contribution in [0, 0.1) is 5.92 Å². The molecular formula is C24H33N. The van der Waals surface area contributed by atoms with Gasteiger partial charge in [0.1, 0.15) is 0 Å². The van der Waals surface area contributed by atoms with Crippen molar-refractivity contribution in [2.75, 3.05) is 0 Å². The molecule has 0 aromatic carbocycles. The monoisotopic (exact) mass is 335 g/mol. The van der Waals surface area contributed by atoms with Crippen molar-refractivity contribution in [1.29, 1.82) is 0 Å². The number of hydrogen-bond donors (Lipinski definition) is 0. The maximum Gasteiger partial charge on any atom is 0.0868 e. The molecule has 2 unspecified atom stereocenters. The van der Waals surface area contributed by atoms with Gasteiger partial charge in [0.05, 0.1) is 11.8 Å². The van der Waals surface area contributed by atoms with E-state index in [2.05, 4.69) is 88.1 Å². The van der Waals surface area contributed by atoms with E-state index in [-0.39, 0.29) is 12.0 Å². The Morgan fingerprint density at radius 3 is 2.44 bits per heavy atom. The minimum atomic E-state index is 0.0670. The van der Waals surface area contributed by atoms with Gasteiger partial charge in [-0.05, 0) is 51.7 Å². The summed E-state index contributed by atoms with van der Waals surface area (Å²) in [6, 6.07) is 0.0670. The lowest BCUT2D eigenvalue weighted by Crippen LogP contribution is -2.12. The highest BCUT2D eigenvalue weighted by atomic mass is 14.8. The van der Waals surface area contributed by atoms with Gasteiger partial charge in [-0.2, -0.15) is 0 Å². The third-order valence-electron chi connectivity index (χ3n) is 4.17. The molecule has 0 aromatic rings. The third-order valence-corrected chi connectivity index (χ3v) is 4.17. The summed E-state index contributed by atoms with van der Waals surface area (Å²) < 4.78 is 0. The SMILES string of the molecule is C=CC1C=CC(/C=C/CC/C=C\C)N=C(/C=C/C)C(/C=C\CC)=C\1C. The third kappa shape index (κ3) is 7.09. The average molecular weight is 336 g/mol. The standard InChI is InChI=1S/C24H33N/c1-6-10-12-13-14-16-22-19-18-21(9-4)20(5)23(17-11-7-2)24(25-22)15-8-3/h6,8-11,14-19,21-22H,4,7,12-13H2,1-3,5H3/b10-6-,15-8+,16-14+,17-11-,19-18?,23-20-,25-24?. The summed E-state index contributed by atoms with van der Waals surface area (Å²) in [4.78, 5) is 4.99. The van der Waals surface area contributed by atoms with E-state index < -0.39 is 0 Å². The molecule has 25 heavy (non-hydrogen) atoms. The van der Waals surface area contributed by atoms with E-state index in [4.69, 9.17) is 4.99 Å². The molecule has 0 amide bonds. The molecule has 0 radical (unpaired) electrons. The van der Waals surface area contributed by atoms with Gasteiger partial charge in [-0.3, -0.25) is 4.99 Å². The summed E-state index contributed by atoms with van der Waals surface area (Å²) in [7, 11) is 0. The van der Waals surface area contributed by atoms with Gasteiger partial charge in [-0.1, -0.05) is 73.3 Å². The number of nitrogens with zero attached hydrogens (tertiary/aromatic N) is 1. The molecule has 0 saturated heterocycles. The van der Waals surface area contributed by atoms with Crippen LogP contribution in [0.2, 0.25) is 0 Å². The molecule has 1 nitrogen and oxygen atoms in total. The molecule has 1 aliphatic rings. The smallest absolute Gasteiger partial charge is 0.0868 e. The van der Waals surface area contributed by atoms with Crippen LogP contribution < -0.4 is 0 Å². The Balaban J connectivity index is 3.25. The quantitative estimate of drug-likeness (QED) is 0.336. The van der Waals surface area contributed by atoms with Crippen LogP contribution in [0.5, 0.6) is 0 Å². The molecular weight excluding hydrogens is 302 g/mol. The number of rotatable bonds is 8. The summed E-state index contributed by atoms with van der Waals surface area (Å²) in [6.07, 6.45) is 26.9. The molecule has 0 aliphatic carbocycles. The van der Waals surface area contributed by atoms with E-state index in [1.165, 1.54) is 11.1 Å². The lowest BCUT2D eigenvalue weighted by Gasteiger charge is -2.19. The second-order valence-corrected chi connectivity index (χ2v) is 6.13. The molecule has 1 rings (SSSR count). The average Bonchev–Trinajstić information content (AvgIpc) is 2.60. The van der Waals surface area contributed by atoms with E-state index in [9.17, 15) is 0 Å². The van der Waals surface area contributed by atoms with Crippen molar-refractivity contribution in [1.82, 2.24) is 0 Å². The zero-order chi connectivity index (χ0) is 18.5. The fourth-order valence-corrected chi connectivity index (χ4v) is 2.73. The van der Waals surface area contributed by atoms with Gasteiger partial charge in [0, 0.05) is 5.92 Å². The molecule has 0 N–H and O–H groups in total. The zero-order valence-electron chi connectivity index (χ0n) is 16.3. The summed E-state index contributed by atoms with van der Waals surface area (Å²) >= 11 is 0. The van der Waals surface area contributed by atoms with E-state index in [1.807, 2.05) is 13.0 Å². The molecule has 1 aliphatic heterocycles. The van der Waals surface area contributed by atoms with Crippen molar-refractivity contribution < 1.29 is 0 Å². The van der Waals surface area contributed by atoms with Crippen molar-refractivity contribution in [3.63, 3.8) is 0 Å². The largest absolute Gasteiger partial charge is 0.273 e. The van der Waals surface area contributed by atoms with Gasteiger partial charge < -0.3 is 0 Å². The van der Waals surface area contributed by atoms with Crippen LogP contribution in [0.4, 0.5) is 0 Å². The molecule has 0 saturated carbocycles. The fraction of sp³-hybridized carbons (Fsp3) is 0.375. The maximum absolute atomic E-state index is 4.99. The fourth-order valence-electron chi connectivity index (χ4n) is 2.73. The highest BCUT2D eigenvalue weighted by molar-refractivity contribution is 6.11. The Morgan fingerprint density at radius 2 is 1.80 bits per heavy atom. The van der Waals surface area contributed by atoms with Crippen molar-refractivity contribution in [2.45, 2.75) is 53.0 Å². The molecule has 0 fully saturated rings. The first-order chi connectivity index (χ1) is 12.2. The van der Waals surface area contributed by atoms with Gasteiger partial charge >= 0.3 is 0 Å². The summed E-state index contributed by atoms with van der Waals surface area (Å²) in [5.74, 6) is 0.242. The Kier molecular flexibility index (Phi) is 10.2. The molecule has 0 aromatic heterocycles. The van der Waals surface area contributed by atoms with Crippen LogP contribution in [0.15, 0.2) is 89.6 Å². The Labute approximate surface area is 154 Å². The first-order valence-electron chi connectivity index (χ1n) is 9.34. The first-order valence-corrected chi connectivity index (χ1v) is 9.34. The Morgan fingerprint density at radius 1 is 1.04 bits per heavy atom. The van der Waals surface area contributed by atoms with Gasteiger partial charge in [-0.15, -0.1) is 6.58 Å². The van der Waals surface area contributed by atoms with Crippen LogP contribution in [0.25, 0.3) is 0 Å². The Hall–Kier alpha value is -2.15. The summed E-state index contributed by atoms with van der Waals surface area (Å²) in [6.45, 7) is 12.5. The Bertz CT molecular complexity index is 620. The first kappa shape index (κ1) is 20.9.